The minimum Gasteiger partial charge on any atom is -0.344 e. The van der Waals surface area contributed by atoms with Crippen LogP contribution in [0.5, 0.6) is 0 Å². The minimum atomic E-state index is -0.0405. The molecule has 0 spiro atoms. The van der Waals surface area contributed by atoms with Gasteiger partial charge in [-0.15, -0.1) is 0 Å². The van der Waals surface area contributed by atoms with Gasteiger partial charge in [0.1, 0.15) is 5.69 Å². The topological polar surface area (TPSA) is 34.0 Å². The number of amides is 1. The summed E-state index contributed by atoms with van der Waals surface area (Å²) in [6.45, 7) is 4.79. The molecule has 1 unspecified atom stereocenters. The van der Waals surface area contributed by atoms with Gasteiger partial charge in [-0.2, -0.15) is 11.3 Å². The van der Waals surface area contributed by atoms with Crippen molar-refractivity contribution in [2.24, 2.45) is 0 Å². The number of aryl methyl sites for hydroxylation is 1. The van der Waals surface area contributed by atoms with E-state index < -0.39 is 0 Å². The van der Waals surface area contributed by atoms with E-state index in [9.17, 15) is 4.79 Å². The summed E-state index contributed by atoms with van der Waals surface area (Å²) in [6, 6.07) is 3.91. The van der Waals surface area contributed by atoms with E-state index in [-0.39, 0.29) is 11.9 Å². The van der Waals surface area contributed by atoms with E-state index in [1.807, 2.05) is 42.1 Å². The predicted octanol–water partition coefficient (Wildman–Crippen LogP) is 3.82. The predicted molar refractivity (Wildman–Crippen MR) is 78.0 cm³/mol. The van der Waals surface area contributed by atoms with Crippen LogP contribution in [0.25, 0.3) is 0 Å². The molecule has 96 valence electrons. The average molecular weight is 327 g/mol. The summed E-state index contributed by atoms with van der Waals surface area (Å²) in [6.07, 6.45) is 1.92. The van der Waals surface area contributed by atoms with Crippen molar-refractivity contribution in [3.63, 3.8) is 0 Å². The SMILES string of the molecule is CCn1cc(Br)cc1C(=O)NC(C)c1ccsc1. The number of nitrogens with one attached hydrogen (secondary N) is 1. The Kier molecular flexibility index (Phi) is 4.24. The molecule has 0 saturated carbocycles. The Bertz CT molecular complexity index is 533. The first kappa shape index (κ1) is 13.4. The third kappa shape index (κ3) is 2.84. The highest BCUT2D eigenvalue weighted by Crippen LogP contribution is 2.18. The second kappa shape index (κ2) is 5.71. The van der Waals surface area contributed by atoms with Crippen LogP contribution in [0, 0.1) is 0 Å². The van der Waals surface area contributed by atoms with E-state index in [1.165, 1.54) is 0 Å². The number of nitrogens with zero attached hydrogens (tertiary/aromatic N) is 1. The van der Waals surface area contributed by atoms with Crippen LogP contribution in [0.15, 0.2) is 33.6 Å². The van der Waals surface area contributed by atoms with Gasteiger partial charge in [0.15, 0.2) is 0 Å². The van der Waals surface area contributed by atoms with Gasteiger partial charge in [-0.05, 0) is 58.2 Å². The van der Waals surface area contributed by atoms with Gasteiger partial charge in [-0.3, -0.25) is 4.79 Å². The quantitative estimate of drug-likeness (QED) is 0.910. The van der Waals surface area contributed by atoms with E-state index in [1.54, 1.807) is 11.3 Å². The maximum atomic E-state index is 12.2. The number of thiophene rings is 1. The van der Waals surface area contributed by atoms with Crippen LogP contribution in [-0.4, -0.2) is 10.5 Å². The molecule has 0 aliphatic carbocycles. The molecule has 1 atom stereocenters. The molecule has 0 bridgehead atoms. The van der Waals surface area contributed by atoms with E-state index in [0.29, 0.717) is 5.69 Å². The van der Waals surface area contributed by atoms with Crippen molar-refractivity contribution >= 4 is 33.2 Å². The number of hydrogen-bond acceptors (Lipinski definition) is 2. The lowest BCUT2D eigenvalue weighted by atomic mass is 10.2. The van der Waals surface area contributed by atoms with Gasteiger partial charge in [-0.25, -0.2) is 0 Å². The van der Waals surface area contributed by atoms with Crippen LogP contribution in [0.2, 0.25) is 0 Å². The number of carbonyl (C=O) groups excluding carboxylic acids is 1. The van der Waals surface area contributed by atoms with Crippen molar-refractivity contribution in [3.05, 3.63) is 44.8 Å². The zero-order valence-electron chi connectivity index (χ0n) is 10.3. The minimum absolute atomic E-state index is 0.0303. The number of aromatic nitrogens is 1. The second-order valence-corrected chi connectivity index (χ2v) is 5.78. The second-order valence-electron chi connectivity index (χ2n) is 4.08. The smallest absolute Gasteiger partial charge is 0.268 e. The first-order valence-corrected chi connectivity index (χ1v) is 7.54. The lowest BCUT2D eigenvalue weighted by molar-refractivity contribution is 0.0930. The summed E-state index contributed by atoms with van der Waals surface area (Å²) in [5, 5.41) is 7.09. The third-order valence-electron chi connectivity index (χ3n) is 2.83. The van der Waals surface area contributed by atoms with Crippen LogP contribution in [0.1, 0.15) is 35.9 Å². The number of carbonyl (C=O) groups is 1. The highest BCUT2D eigenvalue weighted by atomic mass is 79.9. The summed E-state index contributed by atoms with van der Waals surface area (Å²) in [5.74, 6) is -0.0405. The highest BCUT2D eigenvalue weighted by molar-refractivity contribution is 9.10. The third-order valence-corrected chi connectivity index (χ3v) is 3.96. The number of halogens is 1. The van der Waals surface area contributed by atoms with Crippen molar-refractivity contribution in [2.75, 3.05) is 0 Å². The zero-order chi connectivity index (χ0) is 13.1. The molecule has 0 fully saturated rings. The fourth-order valence-corrected chi connectivity index (χ4v) is 3.02. The first-order chi connectivity index (χ1) is 8.61. The molecule has 5 heteroatoms. The fraction of sp³-hybridized carbons (Fsp3) is 0.308. The summed E-state index contributed by atoms with van der Waals surface area (Å²) in [4.78, 5) is 12.2. The highest BCUT2D eigenvalue weighted by Gasteiger charge is 2.15. The summed E-state index contributed by atoms with van der Waals surface area (Å²) in [5.41, 5.74) is 1.83. The van der Waals surface area contributed by atoms with Crippen molar-refractivity contribution in [1.82, 2.24) is 9.88 Å². The van der Waals surface area contributed by atoms with Crippen molar-refractivity contribution in [1.29, 1.82) is 0 Å². The van der Waals surface area contributed by atoms with Crippen LogP contribution in [0.4, 0.5) is 0 Å². The molecule has 2 aromatic rings. The Labute approximate surface area is 119 Å². The Balaban J connectivity index is 2.12. The van der Waals surface area contributed by atoms with Gasteiger partial charge in [0, 0.05) is 17.2 Å². The monoisotopic (exact) mass is 326 g/mol. The molecule has 2 rings (SSSR count). The summed E-state index contributed by atoms with van der Waals surface area (Å²) in [7, 11) is 0. The van der Waals surface area contributed by atoms with Gasteiger partial charge in [0.2, 0.25) is 0 Å². The molecule has 1 amide bonds. The standard InChI is InChI=1S/C13H15BrN2OS/c1-3-16-7-11(14)6-12(16)13(17)15-9(2)10-4-5-18-8-10/h4-9H,3H2,1-2H3,(H,15,17). The molecule has 2 aromatic heterocycles. The Hall–Kier alpha value is -1.07. The average Bonchev–Trinajstić information content (AvgIpc) is 2.96. The maximum Gasteiger partial charge on any atom is 0.268 e. The lowest BCUT2D eigenvalue weighted by Crippen LogP contribution is -2.28. The van der Waals surface area contributed by atoms with Gasteiger partial charge in [0.25, 0.3) is 5.91 Å². The van der Waals surface area contributed by atoms with Crippen LogP contribution >= 0.6 is 27.3 Å². The molecule has 0 aromatic carbocycles. The van der Waals surface area contributed by atoms with E-state index >= 15 is 0 Å². The molecule has 0 radical (unpaired) electrons. The van der Waals surface area contributed by atoms with Crippen molar-refractivity contribution in [2.45, 2.75) is 26.4 Å². The zero-order valence-corrected chi connectivity index (χ0v) is 12.7. The maximum absolute atomic E-state index is 12.2. The lowest BCUT2D eigenvalue weighted by Gasteiger charge is -2.13. The molecular weight excluding hydrogens is 312 g/mol. The molecule has 2 heterocycles. The van der Waals surface area contributed by atoms with E-state index in [2.05, 4.69) is 26.6 Å². The molecule has 0 saturated heterocycles. The van der Waals surface area contributed by atoms with Gasteiger partial charge in [-0.1, -0.05) is 0 Å². The Morgan fingerprint density at radius 2 is 2.39 bits per heavy atom. The van der Waals surface area contributed by atoms with Crippen molar-refractivity contribution < 1.29 is 4.79 Å². The summed E-state index contributed by atoms with van der Waals surface area (Å²) >= 11 is 5.04. The number of rotatable bonds is 4. The number of hydrogen-bond donors (Lipinski definition) is 1. The molecule has 0 aliphatic rings. The Morgan fingerprint density at radius 1 is 1.61 bits per heavy atom. The largest absolute Gasteiger partial charge is 0.344 e. The summed E-state index contributed by atoms with van der Waals surface area (Å²) < 4.78 is 2.86. The first-order valence-electron chi connectivity index (χ1n) is 5.80. The van der Waals surface area contributed by atoms with Gasteiger partial charge >= 0.3 is 0 Å². The van der Waals surface area contributed by atoms with E-state index in [0.717, 1.165) is 16.6 Å². The molecule has 3 nitrogen and oxygen atoms in total. The Morgan fingerprint density at radius 3 is 3.00 bits per heavy atom. The molecule has 1 N–H and O–H groups in total. The van der Waals surface area contributed by atoms with Gasteiger partial charge in [0.05, 0.1) is 6.04 Å². The van der Waals surface area contributed by atoms with Crippen LogP contribution < -0.4 is 5.32 Å². The molecular formula is C13H15BrN2OS. The van der Waals surface area contributed by atoms with E-state index in [4.69, 9.17) is 0 Å². The molecule has 0 aliphatic heterocycles. The van der Waals surface area contributed by atoms with Gasteiger partial charge < -0.3 is 9.88 Å². The van der Waals surface area contributed by atoms with Crippen molar-refractivity contribution in [3.8, 4) is 0 Å². The van der Waals surface area contributed by atoms with Crippen LogP contribution in [0.3, 0.4) is 0 Å². The van der Waals surface area contributed by atoms with Crippen LogP contribution in [-0.2, 0) is 6.54 Å². The molecule has 18 heavy (non-hydrogen) atoms. The normalized spacial score (nSPS) is 12.4. The fourth-order valence-electron chi connectivity index (χ4n) is 1.80.